The fourth-order valence-corrected chi connectivity index (χ4v) is 4.43. The summed E-state index contributed by atoms with van der Waals surface area (Å²) in [6.45, 7) is 5.44. The van der Waals surface area contributed by atoms with E-state index >= 15 is 0 Å². The normalized spacial score (nSPS) is 20.0. The second-order valence-electron chi connectivity index (χ2n) is 8.35. The number of likely N-dealkylation sites (tertiary alicyclic amines) is 1. The molecule has 5 nitrogen and oxygen atoms in total. The number of hydrogen-bond acceptors (Lipinski definition) is 2. The monoisotopic (exact) mass is 410 g/mol. The molecule has 0 unspecified atom stereocenters. The minimum Gasteiger partial charge on any atom is -0.342 e. The summed E-state index contributed by atoms with van der Waals surface area (Å²) >= 11 is 0. The summed E-state index contributed by atoms with van der Waals surface area (Å²) in [4.78, 5) is 30.6. The maximum atomic E-state index is 13.0. The number of rotatable bonds is 6. The molecule has 0 aliphatic carbocycles. The quantitative estimate of drug-likeness (QED) is 0.777. The maximum Gasteiger partial charge on any atom is 0.228 e. The van der Waals surface area contributed by atoms with Crippen LogP contribution in [0.4, 0.5) is 4.39 Å². The third kappa shape index (κ3) is 5.05. The zero-order valence-electron chi connectivity index (χ0n) is 17.2. The second-order valence-corrected chi connectivity index (χ2v) is 8.35. The summed E-state index contributed by atoms with van der Waals surface area (Å²) in [5.74, 6) is -0.330. The van der Waals surface area contributed by atoms with Gasteiger partial charge in [-0.2, -0.15) is 0 Å². The zero-order valence-corrected chi connectivity index (χ0v) is 17.2. The van der Waals surface area contributed by atoms with Crippen LogP contribution in [0.15, 0.2) is 54.6 Å². The van der Waals surface area contributed by atoms with Gasteiger partial charge in [-0.1, -0.05) is 42.5 Å². The molecule has 2 aliphatic rings. The molecular weight excluding hydrogens is 381 g/mol. The first-order valence-corrected chi connectivity index (χ1v) is 10.8. The van der Waals surface area contributed by atoms with E-state index in [0.717, 1.165) is 38.3 Å². The third-order valence-electron chi connectivity index (χ3n) is 6.23. The van der Waals surface area contributed by atoms with Crippen molar-refractivity contribution < 1.29 is 18.9 Å². The average Bonchev–Trinajstić information content (AvgIpc) is 3.15. The molecule has 158 valence electrons. The SMILES string of the molecule is O=C1C[C@@H](C(=O)N2CC[NH+](Cc3ccccc3)CC2)CN1CCc1ccc(F)cc1. The third-order valence-corrected chi connectivity index (χ3v) is 6.23. The fraction of sp³-hybridized carbons (Fsp3) is 0.417. The highest BCUT2D eigenvalue weighted by atomic mass is 19.1. The van der Waals surface area contributed by atoms with Crippen molar-refractivity contribution in [3.05, 3.63) is 71.5 Å². The Labute approximate surface area is 177 Å². The number of benzene rings is 2. The molecule has 2 fully saturated rings. The zero-order chi connectivity index (χ0) is 20.9. The Morgan fingerprint density at radius 3 is 2.40 bits per heavy atom. The van der Waals surface area contributed by atoms with Crippen molar-refractivity contribution in [3.63, 3.8) is 0 Å². The van der Waals surface area contributed by atoms with E-state index < -0.39 is 0 Å². The molecule has 30 heavy (non-hydrogen) atoms. The molecule has 2 amide bonds. The first-order valence-electron chi connectivity index (χ1n) is 10.8. The first kappa shape index (κ1) is 20.5. The summed E-state index contributed by atoms with van der Waals surface area (Å²) < 4.78 is 13.0. The molecule has 4 rings (SSSR count). The summed E-state index contributed by atoms with van der Waals surface area (Å²) in [5, 5.41) is 0. The van der Waals surface area contributed by atoms with Crippen molar-refractivity contribution in [1.82, 2.24) is 9.80 Å². The molecule has 1 atom stereocenters. The van der Waals surface area contributed by atoms with Crippen LogP contribution in [0.2, 0.25) is 0 Å². The summed E-state index contributed by atoms with van der Waals surface area (Å²) in [7, 11) is 0. The lowest BCUT2D eigenvalue weighted by molar-refractivity contribution is -0.917. The second kappa shape index (κ2) is 9.39. The minimum absolute atomic E-state index is 0.0452. The standard InChI is InChI=1S/C24H28FN3O2/c25-22-8-6-19(7-9-22)10-11-28-18-21(16-23(28)29)24(30)27-14-12-26(13-15-27)17-20-4-2-1-3-5-20/h1-9,21H,10-18H2/p+1/t21-/m1/s1. The topological polar surface area (TPSA) is 45.1 Å². The molecule has 0 spiro atoms. The molecule has 6 heteroatoms. The number of nitrogens with one attached hydrogen (secondary N) is 1. The number of quaternary nitrogens is 1. The highest BCUT2D eigenvalue weighted by molar-refractivity contribution is 5.89. The smallest absolute Gasteiger partial charge is 0.228 e. The van der Waals surface area contributed by atoms with Crippen LogP contribution < -0.4 is 4.90 Å². The van der Waals surface area contributed by atoms with Crippen LogP contribution in [0.1, 0.15) is 17.5 Å². The number of nitrogens with zero attached hydrogens (tertiary/aromatic N) is 2. The van der Waals surface area contributed by atoms with Crippen molar-refractivity contribution in [3.8, 4) is 0 Å². The highest BCUT2D eigenvalue weighted by Crippen LogP contribution is 2.21. The van der Waals surface area contributed by atoms with Crippen LogP contribution >= 0.6 is 0 Å². The Morgan fingerprint density at radius 1 is 1.00 bits per heavy atom. The van der Waals surface area contributed by atoms with Gasteiger partial charge < -0.3 is 14.7 Å². The molecule has 2 saturated heterocycles. The van der Waals surface area contributed by atoms with Crippen LogP contribution in [0.25, 0.3) is 0 Å². The van der Waals surface area contributed by atoms with E-state index in [1.807, 2.05) is 11.0 Å². The van der Waals surface area contributed by atoms with Crippen molar-refractivity contribution in [2.75, 3.05) is 39.3 Å². The number of halogens is 1. The van der Waals surface area contributed by atoms with Crippen LogP contribution in [-0.4, -0.2) is 60.9 Å². The summed E-state index contributed by atoms with van der Waals surface area (Å²) in [5.41, 5.74) is 2.32. The Balaban J connectivity index is 1.24. The summed E-state index contributed by atoms with van der Waals surface area (Å²) in [6, 6.07) is 16.8. The van der Waals surface area contributed by atoms with E-state index in [1.54, 1.807) is 17.0 Å². The fourth-order valence-electron chi connectivity index (χ4n) is 4.43. The number of piperazine rings is 1. The lowest BCUT2D eigenvalue weighted by Gasteiger charge is -2.33. The summed E-state index contributed by atoms with van der Waals surface area (Å²) in [6.07, 6.45) is 0.980. The molecule has 2 heterocycles. The predicted molar refractivity (Wildman–Crippen MR) is 112 cm³/mol. The van der Waals surface area contributed by atoms with Gasteiger partial charge in [0.25, 0.3) is 0 Å². The van der Waals surface area contributed by atoms with E-state index in [9.17, 15) is 14.0 Å². The Kier molecular flexibility index (Phi) is 6.43. The Morgan fingerprint density at radius 2 is 1.70 bits per heavy atom. The number of carbonyl (C=O) groups excluding carboxylic acids is 2. The Bertz CT molecular complexity index is 864. The average molecular weight is 411 g/mol. The molecular formula is C24H29FN3O2+. The minimum atomic E-state index is -0.257. The van der Waals surface area contributed by atoms with Crippen LogP contribution in [0.5, 0.6) is 0 Å². The molecule has 2 aromatic carbocycles. The van der Waals surface area contributed by atoms with Crippen LogP contribution in [0, 0.1) is 11.7 Å². The van der Waals surface area contributed by atoms with Crippen molar-refractivity contribution >= 4 is 11.8 Å². The van der Waals surface area contributed by atoms with Gasteiger partial charge in [0.05, 0.1) is 32.1 Å². The maximum absolute atomic E-state index is 13.0. The van der Waals surface area contributed by atoms with Gasteiger partial charge in [-0.25, -0.2) is 4.39 Å². The number of hydrogen-bond donors (Lipinski definition) is 1. The van der Waals surface area contributed by atoms with Gasteiger partial charge in [0.2, 0.25) is 11.8 Å². The molecule has 0 bridgehead atoms. The molecule has 0 saturated carbocycles. The van der Waals surface area contributed by atoms with Crippen molar-refractivity contribution in [2.24, 2.45) is 5.92 Å². The number of amides is 2. The molecule has 0 radical (unpaired) electrons. The van der Waals surface area contributed by atoms with E-state index in [1.165, 1.54) is 22.6 Å². The molecule has 0 aromatic heterocycles. The predicted octanol–water partition coefficient (Wildman–Crippen LogP) is 1.14. The van der Waals surface area contributed by atoms with E-state index in [0.29, 0.717) is 25.9 Å². The molecule has 2 aliphatic heterocycles. The van der Waals surface area contributed by atoms with Gasteiger partial charge in [-0.05, 0) is 24.1 Å². The largest absolute Gasteiger partial charge is 0.342 e. The van der Waals surface area contributed by atoms with E-state index in [-0.39, 0.29) is 23.5 Å². The van der Waals surface area contributed by atoms with E-state index in [2.05, 4.69) is 24.3 Å². The highest BCUT2D eigenvalue weighted by Gasteiger charge is 2.37. The van der Waals surface area contributed by atoms with Crippen molar-refractivity contribution in [1.29, 1.82) is 0 Å². The van der Waals surface area contributed by atoms with Gasteiger partial charge in [-0.15, -0.1) is 0 Å². The van der Waals surface area contributed by atoms with Gasteiger partial charge in [0.1, 0.15) is 12.4 Å². The number of carbonyl (C=O) groups is 2. The van der Waals surface area contributed by atoms with Gasteiger partial charge >= 0.3 is 0 Å². The van der Waals surface area contributed by atoms with Gasteiger partial charge in [-0.3, -0.25) is 9.59 Å². The first-order chi connectivity index (χ1) is 14.6. The van der Waals surface area contributed by atoms with Gasteiger partial charge in [0.15, 0.2) is 0 Å². The van der Waals surface area contributed by atoms with Gasteiger partial charge in [0, 0.05) is 25.1 Å². The van der Waals surface area contributed by atoms with E-state index in [4.69, 9.17) is 0 Å². The lowest BCUT2D eigenvalue weighted by atomic mass is 10.1. The lowest BCUT2D eigenvalue weighted by Crippen LogP contribution is -3.13. The molecule has 2 aromatic rings. The van der Waals surface area contributed by atoms with Crippen LogP contribution in [0.3, 0.4) is 0 Å². The van der Waals surface area contributed by atoms with Crippen LogP contribution in [-0.2, 0) is 22.6 Å². The molecule has 1 N–H and O–H groups in total. The van der Waals surface area contributed by atoms with Crippen molar-refractivity contribution in [2.45, 2.75) is 19.4 Å². The Hall–Kier alpha value is -2.73.